The van der Waals surface area contributed by atoms with Gasteiger partial charge in [0.2, 0.25) is 0 Å². The van der Waals surface area contributed by atoms with Gasteiger partial charge in [-0.1, -0.05) is 27.7 Å². The molecule has 1 fully saturated rings. The SMILES string of the molecule is COC1(C)CCCN(CC(C)(C)CNC(C)C)C1. The van der Waals surface area contributed by atoms with Gasteiger partial charge >= 0.3 is 0 Å². The number of hydrogen-bond donors (Lipinski definition) is 1. The minimum absolute atomic E-state index is 0.0554. The first-order valence-corrected chi connectivity index (χ1v) is 7.27. The van der Waals surface area contributed by atoms with Gasteiger partial charge in [-0.2, -0.15) is 0 Å². The van der Waals surface area contributed by atoms with E-state index >= 15 is 0 Å². The van der Waals surface area contributed by atoms with Crippen molar-refractivity contribution in [3.8, 4) is 0 Å². The number of rotatable bonds is 6. The monoisotopic (exact) mass is 256 g/mol. The Hall–Kier alpha value is -0.120. The van der Waals surface area contributed by atoms with E-state index < -0.39 is 0 Å². The number of hydrogen-bond acceptors (Lipinski definition) is 3. The number of piperidine rings is 1. The molecule has 0 spiro atoms. The highest BCUT2D eigenvalue weighted by molar-refractivity contribution is 4.87. The summed E-state index contributed by atoms with van der Waals surface area (Å²) in [5.74, 6) is 0. The Labute approximate surface area is 113 Å². The van der Waals surface area contributed by atoms with E-state index in [4.69, 9.17) is 4.74 Å². The summed E-state index contributed by atoms with van der Waals surface area (Å²) in [6.45, 7) is 15.8. The van der Waals surface area contributed by atoms with E-state index in [9.17, 15) is 0 Å². The number of nitrogens with one attached hydrogen (secondary N) is 1. The first-order valence-electron chi connectivity index (χ1n) is 7.27. The molecule has 0 radical (unpaired) electrons. The maximum atomic E-state index is 5.66. The van der Waals surface area contributed by atoms with E-state index in [0.717, 1.165) is 19.6 Å². The second kappa shape index (κ2) is 6.36. The molecule has 1 atom stereocenters. The fourth-order valence-electron chi connectivity index (χ4n) is 2.75. The van der Waals surface area contributed by atoms with Crippen molar-refractivity contribution in [1.82, 2.24) is 10.2 Å². The normalized spacial score (nSPS) is 26.8. The molecule has 0 aromatic heterocycles. The lowest BCUT2D eigenvalue weighted by Gasteiger charge is -2.42. The summed E-state index contributed by atoms with van der Waals surface area (Å²) in [7, 11) is 1.84. The second-order valence-corrected chi connectivity index (χ2v) is 7.17. The van der Waals surface area contributed by atoms with Crippen LogP contribution in [0.5, 0.6) is 0 Å². The number of ether oxygens (including phenoxy) is 1. The molecule has 1 aliphatic heterocycles. The van der Waals surface area contributed by atoms with Gasteiger partial charge in [0.1, 0.15) is 0 Å². The van der Waals surface area contributed by atoms with E-state index in [0.29, 0.717) is 11.5 Å². The minimum Gasteiger partial charge on any atom is -0.377 e. The summed E-state index contributed by atoms with van der Waals surface area (Å²) in [4.78, 5) is 2.56. The van der Waals surface area contributed by atoms with Crippen LogP contribution in [0, 0.1) is 5.41 Å². The fraction of sp³-hybridized carbons (Fsp3) is 1.00. The third kappa shape index (κ3) is 5.25. The average molecular weight is 256 g/mol. The van der Waals surface area contributed by atoms with Crippen molar-refractivity contribution in [2.24, 2.45) is 5.41 Å². The Bertz CT molecular complexity index is 253. The Kier molecular flexibility index (Phi) is 5.63. The largest absolute Gasteiger partial charge is 0.377 e. The molecule has 1 saturated heterocycles. The zero-order valence-electron chi connectivity index (χ0n) is 13.2. The summed E-state index contributed by atoms with van der Waals surface area (Å²) in [6, 6.07) is 0.565. The summed E-state index contributed by atoms with van der Waals surface area (Å²) >= 11 is 0. The van der Waals surface area contributed by atoms with Crippen LogP contribution < -0.4 is 5.32 Å². The van der Waals surface area contributed by atoms with Crippen LogP contribution in [0.25, 0.3) is 0 Å². The molecule has 1 unspecified atom stereocenters. The van der Waals surface area contributed by atoms with Crippen LogP contribution in [-0.2, 0) is 4.74 Å². The highest BCUT2D eigenvalue weighted by Gasteiger charge is 2.33. The number of methoxy groups -OCH3 is 1. The first kappa shape index (κ1) is 15.9. The van der Waals surface area contributed by atoms with Crippen molar-refractivity contribution < 1.29 is 4.74 Å². The molecule has 0 amide bonds. The topological polar surface area (TPSA) is 24.5 Å². The van der Waals surface area contributed by atoms with E-state index in [2.05, 4.69) is 44.8 Å². The van der Waals surface area contributed by atoms with E-state index in [1.54, 1.807) is 0 Å². The third-order valence-corrected chi connectivity index (χ3v) is 3.87. The van der Waals surface area contributed by atoms with Crippen LogP contribution in [-0.4, -0.2) is 49.8 Å². The molecule has 0 saturated carbocycles. The van der Waals surface area contributed by atoms with Gasteiger partial charge in [0.15, 0.2) is 0 Å². The van der Waals surface area contributed by atoms with E-state index in [1.165, 1.54) is 19.4 Å². The van der Waals surface area contributed by atoms with E-state index in [1.807, 2.05) is 7.11 Å². The molecule has 0 bridgehead atoms. The van der Waals surface area contributed by atoms with Crippen molar-refractivity contribution in [2.45, 2.75) is 59.1 Å². The van der Waals surface area contributed by atoms with Crippen molar-refractivity contribution in [3.05, 3.63) is 0 Å². The molecule has 3 heteroatoms. The second-order valence-electron chi connectivity index (χ2n) is 7.17. The lowest BCUT2D eigenvalue weighted by molar-refractivity contribution is -0.0574. The Balaban J connectivity index is 2.45. The summed E-state index contributed by atoms with van der Waals surface area (Å²) in [6.07, 6.45) is 2.43. The molecule has 0 aliphatic carbocycles. The fourth-order valence-corrected chi connectivity index (χ4v) is 2.75. The maximum Gasteiger partial charge on any atom is 0.0777 e. The number of likely N-dealkylation sites (tertiary alicyclic amines) is 1. The van der Waals surface area contributed by atoms with E-state index in [-0.39, 0.29) is 5.60 Å². The van der Waals surface area contributed by atoms with Crippen molar-refractivity contribution >= 4 is 0 Å². The Morgan fingerprint density at radius 1 is 1.39 bits per heavy atom. The molecule has 108 valence electrons. The molecule has 0 aromatic rings. The lowest BCUT2D eigenvalue weighted by atomic mass is 9.89. The van der Waals surface area contributed by atoms with Gasteiger partial charge in [0.05, 0.1) is 5.60 Å². The van der Waals surface area contributed by atoms with Crippen LogP contribution in [0.2, 0.25) is 0 Å². The van der Waals surface area contributed by atoms with Crippen LogP contribution in [0.4, 0.5) is 0 Å². The molecular formula is C15H32N2O. The molecule has 1 N–H and O–H groups in total. The summed E-state index contributed by atoms with van der Waals surface area (Å²) in [5.41, 5.74) is 0.371. The van der Waals surface area contributed by atoms with Crippen LogP contribution in [0.1, 0.15) is 47.5 Å². The van der Waals surface area contributed by atoms with Gasteiger partial charge in [-0.15, -0.1) is 0 Å². The molecule has 3 nitrogen and oxygen atoms in total. The van der Waals surface area contributed by atoms with Gasteiger partial charge in [0, 0.05) is 32.8 Å². The standard InChI is InChI=1S/C15H32N2O/c1-13(2)16-10-14(3,4)11-17-9-7-8-15(5,12-17)18-6/h13,16H,7-12H2,1-6H3. The first-order chi connectivity index (χ1) is 8.26. The smallest absolute Gasteiger partial charge is 0.0777 e. The minimum atomic E-state index is 0.0554. The van der Waals surface area contributed by atoms with Gasteiger partial charge in [-0.3, -0.25) is 4.90 Å². The van der Waals surface area contributed by atoms with Gasteiger partial charge in [0.25, 0.3) is 0 Å². The third-order valence-electron chi connectivity index (χ3n) is 3.87. The average Bonchev–Trinajstić information content (AvgIpc) is 2.26. The molecule has 1 rings (SSSR count). The highest BCUT2D eigenvalue weighted by Crippen LogP contribution is 2.26. The lowest BCUT2D eigenvalue weighted by Crippen LogP contribution is -2.51. The molecule has 1 heterocycles. The van der Waals surface area contributed by atoms with Crippen LogP contribution in [0.15, 0.2) is 0 Å². The number of nitrogens with zero attached hydrogens (tertiary/aromatic N) is 1. The predicted octanol–water partition coefficient (Wildman–Crippen LogP) is 2.51. The van der Waals surface area contributed by atoms with Gasteiger partial charge in [-0.25, -0.2) is 0 Å². The Morgan fingerprint density at radius 2 is 2.06 bits per heavy atom. The zero-order valence-corrected chi connectivity index (χ0v) is 13.2. The molecule has 0 aromatic carbocycles. The quantitative estimate of drug-likeness (QED) is 0.790. The van der Waals surface area contributed by atoms with Crippen molar-refractivity contribution in [3.63, 3.8) is 0 Å². The Morgan fingerprint density at radius 3 is 2.61 bits per heavy atom. The van der Waals surface area contributed by atoms with Crippen molar-refractivity contribution in [1.29, 1.82) is 0 Å². The van der Waals surface area contributed by atoms with Gasteiger partial charge < -0.3 is 10.1 Å². The maximum absolute atomic E-state index is 5.66. The molecule has 18 heavy (non-hydrogen) atoms. The van der Waals surface area contributed by atoms with Crippen molar-refractivity contribution in [2.75, 3.05) is 33.3 Å². The highest BCUT2D eigenvalue weighted by atomic mass is 16.5. The van der Waals surface area contributed by atoms with Crippen LogP contribution in [0.3, 0.4) is 0 Å². The predicted molar refractivity (Wildman–Crippen MR) is 78.0 cm³/mol. The molecule has 1 aliphatic rings. The van der Waals surface area contributed by atoms with Crippen LogP contribution >= 0.6 is 0 Å². The summed E-state index contributed by atoms with van der Waals surface area (Å²) in [5, 5.41) is 3.55. The molecular weight excluding hydrogens is 224 g/mol. The summed E-state index contributed by atoms with van der Waals surface area (Å²) < 4.78 is 5.66. The zero-order chi connectivity index (χ0) is 13.8. The van der Waals surface area contributed by atoms with Gasteiger partial charge in [-0.05, 0) is 31.7 Å².